The summed E-state index contributed by atoms with van der Waals surface area (Å²) < 4.78 is 57.4. The molecule has 4 aliphatic rings. The molecule has 0 spiro atoms. The van der Waals surface area contributed by atoms with Crippen molar-refractivity contribution in [2.75, 3.05) is 20.8 Å². The van der Waals surface area contributed by atoms with E-state index in [4.69, 9.17) is 14.9 Å². The average molecular weight is 584 g/mol. The van der Waals surface area contributed by atoms with E-state index in [9.17, 15) is 18.0 Å². The zero-order valence-corrected chi connectivity index (χ0v) is 24.7. The van der Waals surface area contributed by atoms with Crippen molar-refractivity contribution in [2.45, 2.75) is 101 Å². The second-order valence-electron chi connectivity index (χ2n) is 13.2. The molecule has 4 fully saturated rings. The van der Waals surface area contributed by atoms with Crippen LogP contribution in [0.1, 0.15) is 64.2 Å². The summed E-state index contributed by atoms with van der Waals surface area (Å²) in [6.07, 6.45) is 6.73. The molecular formula is C30H48F3N5O3. The van der Waals surface area contributed by atoms with Gasteiger partial charge in [0.15, 0.2) is 0 Å². The molecule has 41 heavy (non-hydrogen) atoms. The number of piperidine rings is 1. The van der Waals surface area contributed by atoms with Crippen LogP contribution in [0.5, 0.6) is 0 Å². The molecule has 5 rings (SSSR count). The number of nitrogens with one attached hydrogen (secondary N) is 3. The Bertz CT molecular complexity index is 1070. The molecular weight excluding hydrogens is 535 g/mol. The minimum Gasteiger partial charge on any atom is -0.381 e. The van der Waals surface area contributed by atoms with E-state index in [-0.39, 0.29) is 54.2 Å². The number of amides is 1. The number of nitrogens with zero attached hydrogens (tertiary/aromatic N) is 2. The molecule has 8 unspecified atom stereocenters. The molecule has 0 radical (unpaired) electrons. The maximum Gasteiger partial charge on any atom is 0.393 e. The Hall–Kier alpha value is -1.85. The van der Waals surface area contributed by atoms with E-state index in [0.29, 0.717) is 50.3 Å². The molecule has 1 aromatic rings. The maximum absolute atomic E-state index is 14.1. The average Bonchev–Trinajstić information content (AvgIpc) is 3.76. The first-order chi connectivity index (χ1) is 19.6. The first kappa shape index (κ1) is 30.6. The van der Waals surface area contributed by atoms with Gasteiger partial charge in [0.05, 0.1) is 18.1 Å². The fourth-order valence-corrected chi connectivity index (χ4v) is 8.16. The topological polar surface area (TPSA) is 93.3 Å². The van der Waals surface area contributed by atoms with Crippen LogP contribution in [0, 0.1) is 40.9 Å². The third-order valence-corrected chi connectivity index (χ3v) is 10.4. The van der Waals surface area contributed by atoms with E-state index >= 15 is 0 Å². The lowest BCUT2D eigenvalue weighted by atomic mass is 9.68. The van der Waals surface area contributed by atoms with Gasteiger partial charge in [-0.25, -0.2) is 0 Å². The van der Waals surface area contributed by atoms with Crippen LogP contribution in [0.15, 0.2) is 12.4 Å². The van der Waals surface area contributed by atoms with Crippen molar-refractivity contribution >= 4 is 5.91 Å². The van der Waals surface area contributed by atoms with Gasteiger partial charge < -0.3 is 29.2 Å². The molecule has 11 heteroatoms. The van der Waals surface area contributed by atoms with Crippen LogP contribution in [-0.2, 0) is 27.9 Å². The van der Waals surface area contributed by atoms with E-state index in [2.05, 4.69) is 10.6 Å². The summed E-state index contributed by atoms with van der Waals surface area (Å²) in [5, 5.41) is 15.0. The fraction of sp³-hybridized carbons (Fsp3) is 0.867. The Morgan fingerprint density at radius 1 is 1.05 bits per heavy atom. The van der Waals surface area contributed by atoms with Crippen LogP contribution in [0.4, 0.5) is 13.2 Å². The molecule has 1 saturated heterocycles. The standard InChI is InChI=1S/C30H48F3N5O3/c1-37-9-10-38(29(37)34)17-18-11-20(27-25(30(31,32)33)5-4-8-35-27)13-22(12-18)28(39)36-26(19-6-7-19)21-14-23(40-2)16-24(15-21)41-3/h9-10,18-27,34-35H,4-8,11-17H2,1-3H3,(H,36,39). The normalized spacial score (nSPS) is 35.7. The number of hydrogen-bond donors (Lipinski definition) is 3. The Balaban J connectivity index is 1.35. The number of methoxy groups -OCH3 is 2. The highest BCUT2D eigenvalue weighted by Crippen LogP contribution is 2.45. The van der Waals surface area contributed by atoms with Crippen molar-refractivity contribution in [3.63, 3.8) is 0 Å². The predicted octanol–water partition coefficient (Wildman–Crippen LogP) is 3.99. The van der Waals surface area contributed by atoms with Crippen molar-refractivity contribution in [1.29, 1.82) is 5.41 Å². The van der Waals surface area contributed by atoms with Gasteiger partial charge >= 0.3 is 6.18 Å². The molecule has 8 nitrogen and oxygen atoms in total. The number of carbonyl (C=O) groups excluding carboxylic acids is 1. The lowest BCUT2D eigenvalue weighted by Gasteiger charge is -2.44. The molecule has 232 valence electrons. The number of aryl methyl sites for hydroxylation is 1. The molecule has 3 N–H and O–H groups in total. The highest BCUT2D eigenvalue weighted by Gasteiger charge is 2.50. The predicted molar refractivity (Wildman–Crippen MR) is 148 cm³/mol. The van der Waals surface area contributed by atoms with Gasteiger partial charge in [0, 0.05) is 58.2 Å². The lowest BCUT2D eigenvalue weighted by Crippen LogP contribution is -2.54. The van der Waals surface area contributed by atoms with Gasteiger partial charge in [-0.05, 0) is 94.4 Å². The minimum atomic E-state index is -4.26. The molecule has 1 aliphatic heterocycles. The van der Waals surface area contributed by atoms with Crippen LogP contribution in [-0.4, -0.2) is 66.3 Å². The number of imidazole rings is 1. The molecule has 8 atom stereocenters. The summed E-state index contributed by atoms with van der Waals surface area (Å²) in [4.78, 5) is 14.0. The summed E-state index contributed by atoms with van der Waals surface area (Å²) in [6, 6.07) is -0.642. The monoisotopic (exact) mass is 583 g/mol. The van der Waals surface area contributed by atoms with Gasteiger partial charge in [-0.2, -0.15) is 13.2 Å². The summed E-state index contributed by atoms with van der Waals surface area (Å²) in [5.74, 6) is -1.30. The van der Waals surface area contributed by atoms with Crippen LogP contribution < -0.4 is 16.3 Å². The van der Waals surface area contributed by atoms with E-state index in [1.165, 1.54) is 0 Å². The Labute approximate surface area is 241 Å². The van der Waals surface area contributed by atoms with E-state index in [0.717, 1.165) is 32.1 Å². The van der Waals surface area contributed by atoms with Crippen LogP contribution in [0.2, 0.25) is 0 Å². The first-order valence-corrected chi connectivity index (χ1v) is 15.5. The number of hydrogen-bond acceptors (Lipinski definition) is 5. The van der Waals surface area contributed by atoms with Gasteiger partial charge in [-0.15, -0.1) is 0 Å². The number of ether oxygens (including phenoxy) is 2. The van der Waals surface area contributed by atoms with E-state index in [1.54, 1.807) is 18.8 Å². The first-order valence-electron chi connectivity index (χ1n) is 15.5. The molecule has 3 aliphatic carbocycles. The van der Waals surface area contributed by atoms with E-state index < -0.39 is 18.1 Å². The van der Waals surface area contributed by atoms with Gasteiger partial charge in [0.25, 0.3) is 0 Å². The van der Waals surface area contributed by atoms with Crippen LogP contribution >= 0.6 is 0 Å². The second kappa shape index (κ2) is 12.8. The van der Waals surface area contributed by atoms with Crippen LogP contribution in [0.3, 0.4) is 0 Å². The van der Waals surface area contributed by atoms with Crippen LogP contribution in [0.25, 0.3) is 0 Å². The molecule has 1 amide bonds. The summed E-state index contributed by atoms with van der Waals surface area (Å²) in [7, 11) is 5.27. The Morgan fingerprint density at radius 3 is 2.34 bits per heavy atom. The number of aromatic nitrogens is 2. The summed E-state index contributed by atoms with van der Waals surface area (Å²) >= 11 is 0. The second-order valence-corrected chi connectivity index (χ2v) is 13.2. The summed E-state index contributed by atoms with van der Waals surface area (Å²) in [5.41, 5.74) is 0.351. The van der Waals surface area contributed by atoms with Gasteiger partial charge in [0.2, 0.25) is 11.5 Å². The third-order valence-electron chi connectivity index (χ3n) is 10.4. The van der Waals surface area contributed by atoms with Crippen molar-refractivity contribution < 1.29 is 27.4 Å². The van der Waals surface area contributed by atoms with Crippen molar-refractivity contribution in [1.82, 2.24) is 19.8 Å². The number of carbonyl (C=O) groups is 1. The minimum absolute atomic E-state index is 0.0170. The van der Waals surface area contributed by atoms with Gasteiger partial charge in [0.1, 0.15) is 0 Å². The number of rotatable bonds is 9. The fourth-order valence-electron chi connectivity index (χ4n) is 8.16. The quantitative estimate of drug-likeness (QED) is 0.410. The lowest BCUT2D eigenvalue weighted by molar-refractivity contribution is -0.194. The number of alkyl halides is 3. The SMILES string of the molecule is COC1CC(OC)CC(C(NC(=O)C2CC(Cn3ccn(C)c3=N)CC(C3NCCCC3C(F)(F)F)C2)C2CC2)C1. The van der Waals surface area contributed by atoms with Crippen molar-refractivity contribution in [3.8, 4) is 0 Å². The molecule has 0 bridgehead atoms. The zero-order valence-electron chi connectivity index (χ0n) is 24.7. The maximum atomic E-state index is 14.1. The smallest absolute Gasteiger partial charge is 0.381 e. The van der Waals surface area contributed by atoms with Crippen molar-refractivity contribution in [2.24, 2.45) is 42.6 Å². The molecule has 2 heterocycles. The largest absolute Gasteiger partial charge is 0.393 e. The Kier molecular flexibility index (Phi) is 9.55. The third kappa shape index (κ3) is 7.21. The Morgan fingerprint density at radius 2 is 1.76 bits per heavy atom. The van der Waals surface area contributed by atoms with Gasteiger partial charge in [-0.1, -0.05) is 0 Å². The highest BCUT2D eigenvalue weighted by molar-refractivity contribution is 5.79. The highest BCUT2D eigenvalue weighted by atomic mass is 19.4. The molecule has 0 aromatic carbocycles. The molecule has 3 saturated carbocycles. The summed E-state index contributed by atoms with van der Waals surface area (Å²) in [6.45, 7) is 1.11. The van der Waals surface area contributed by atoms with Gasteiger partial charge in [-0.3, -0.25) is 10.2 Å². The molecule has 1 aromatic heterocycles. The zero-order chi connectivity index (χ0) is 29.3. The van der Waals surface area contributed by atoms with E-state index in [1.807, 2.05) is 24.0 Å². The van der Waals surface area contributed by atoms with Crippen molar-refractivity contribution in [3.05, 3.63) is 18.0 Å². The number of halogens is 3.